The first-order valence-electron chi connectivity index (χ1n) is 4.21. The van der Waals surface area contributed by atoms with Crippen LogP contribution in [0.5, 0.6) is 0 Å². The number of halogens is 2. The van der Waals surface area contributed by atoms with Gasteiger partial charge in [0, 0.05) is 0 Å². The molecule has 0 aliphatic rings. The molecule has 5 nitrogen and oxygen atoms in total. The molecule has 1 heterocycles. The first-order chi connectivity index (χ1) is 7.15. The second kappa shape index (κ2) is 5.72. The number of nitrogens with one attached hydrogen (secondary N) is 1. The third-order valence-corrected chi connectivity index (χ3v) is 2.03. The summed E-state index contributed by atoms with van der Waals surface area (Å²) in [5.41, 5.74) is 0.376. The van der Waals surface area contributed by atoms with Gasteiger partial charge in [0.25, 0.3) is 0 Å². The van der Waals surface area contributed by atoms with Crippen LogP contribution in [-0.2, 0) is 9.53 Å². The minimum atomic E-state index is -0.388. The molecule has 0 saturated heterocycles. The molecule has 0 spiro atoms. The molecule has 82 valence electrons. The molecule has 0 amide bonds. The van der Waals surface area contributed by atoms with Crippen LogP contribution in [0.3, 0.4) is 0 Å². The third kappa shape index (κ3) is 3.53. The SMILES string of the molecule is CCOC(=O)CNc1c(Cl)cnnc1Cl. The van der Waals surface area contributed by atoms with E-state index >= 15 is 0 Å². The highest BCUT2D eigenvalue weighted by molar-refractivity contribution is 6.38. The molecule has 0 fully saturated rings. The molecule has 0 unspecified atom stereocenters. The minimum absolute atomic E-state index is 0.0149. The Kier molecular flexibility index (Phi) is 4.58. The summed E-state index contributed by atoms with van der Waals surface area (Å²) in [5.74, 6) is -0.388. The van der Waals surface area contributed by atoms with Gasteiger partial charge in [-0.25, -0.2) is 0 Å². The summed E-state index contributed by atoms with van der Waals surface area (Å²) in [4.78, 5) is 11.0. The number of esters is 1. The second-order valence-corrected chi connectivity index (χ2v) is 3.28. The van der Waals surface area contributed by atoms with Crippen molar-refractivity contribution in [1.82, 2.24) is 10.2 Å². The van der Waals surface area contributed by atoms with E-state index in [0.717, 1.165) is 0 Å². The standard InChI is InChI=1S/C8H9Cl2N3O2/c1-2-15-6(14)4-11-7-5(9)3-12-13-8(7)10/h3H,2,4H2,1H3,(H,11,12). The normalized spacial score (nSPS) is 9.80. The van der Waals surface area contributed by atoms with Crippen molar-refractivity contribution in [2.45, 2.75) is 6.92 Å². The molecule has 0 saturated carbocycles. The van der Waals surface area contributed by atoms with Gasteiger partial charge in [0.15, 0.2) is 5.15 Å². The number of hydrogen-bond donors (Lipinski definition) is 1. The van der Waals surface area contributed by atoms with E-state index in [1.807, 2.05) is 0 Å². The molecular formula is C8H9Cl2N3O2. The van der Waals surface area contributed by atoms with Crippen molar-refractivity contribution in [2.75, 3.05) is 18.5 Å². The van der Waals surface area contributed by atoms with Crippen LogP contribution in [0.1, 0.15) is 6.92 Å². The van der Waals surface area contributed by atoms with Gasteiger partial charge in [-0.05, 0) is 6.92 Å². The maximum atomic E-state index is 11.0. The molecule has 0 radical (unpaired) electrons. The summed E-state index contributed by atoms with van der Waals surface area (Å²) >= 11 is 11.5. The Bertz CT molecular complexity index is 339. The Morgan fingerprint density at radius 3 is 2.93 bits per heavy atom. The molecule has 1 aromatic heterocycles. The summed E-state index contributed by atoms with van der Waals surface area (Å²) in [6, 6.07) is 0. The summed E-state index contributed by atoms with van der Waals surface area (Å²) in [5, 5.41) is 10.3. The van der Waals surface area contributed by atoms with Crippen LogP contribution in [0.4, 0.5) is 5.69 Å². The number of rotatable bonds is 4. The van der Waals surface area contributed by atoms with Crippen LogP contribution >= 0.6 is 23.2 Å². The molecule has 1 aromatic rings. The number of aromatic nitrogens is 2. The molecule has 15 heavy (non-hydrogen) atoms. The van der Waals surface area contributed by atoms with E-state index in [2.05, 4.69) is 15.5 Å². The fourth-order valence-electron chi connectivity index (χ4n) is 0.873. The molecule has 0 bridgehead atoms. The Morgan fingerprint density at radius 2 is 2.33 bits per heavy atom. The summed E-state index contributed by atoms with van der Waals surface area (Å²) in [6.07, 6.45) is 1.33. The van der Waals surface area contributed by atoms with Gasteiger partial charge in [-0.3, -0.25) is 4.79 Å². The predicted octanol–water partition coefficient (Wildman–Crippen LogP) is 1.76. The zero-order valence-corrected chi connectivity index (χ0v) is 9.47. The molecule has 1 N–H and O–H groups in total. The smallest absolute Gasteiger partial charge is 0.325 e. The maximum absolute atomic E-state index is 11.0. The molecule has 0 aliphatic carbocycles. The van der Waals surface area contributed by atoms with Gasteiger partial charge >= 0.3 is 5.97 Å². The van der Waals surface area contributed by atoms with Crippen LogP contribution in [0.25, 0.3) is 0 Å². The monoisotopic (exact) mass is 249 g/mol. The third-order valence-electron chi connectivity index (χ3n) is 1.48. The van der Waals surface area contributed by atoms with Crippen molar-refractivity contribution < 1.29 is 9.53 Å². The fourth-order valence-corrected chi connectivity index (χ4v) is 1.33. The molecule has 1 rings (SSSR count). The first-order valence-corrected chi connectivity index (χ1v) is 4.97. The number of carbonyl (C=O) groups is 1. The lowest BCUT2D eigenvalue weighted by atomic mass is 10.4. The van der Waals surface area contributed by atoms with Crippen molar-refractivity contribution in [2.24, 2.45) is 0 Å². The van der Waals surface area contributed by atoms with Crippen molar-refractivity contribution in [3.05, 3.63) is 16.4 Å². The van der Waals surface area contributed by atoms with Gasteiger partial charge in [-0.2, -0.15) is 5.10 Å². The predicted molar refractivity (Wildman–Crippen MR) is 57.2 cm³/mol. The lowest BCUT2D eigenvalue weighted by Crippen LogP contribution is -2.17. The topological polar surface area (TPSA) is 64.1 Å². The summed E-state index contributed by atoms with van der Waals surface area (Å²) < 4.78 is 4.72. The van der Waals surface area contributed by atoms with Gasteiger partial charge in [0.1, 0.15) is 6.54 Å². The second-order valence-electron chi connectivity index (χ2n) is 2.52. The zero-order valence-electron chi connectivity index (χ0n) is 7.96. The summed E-state index contributed by atoms with van der Waals surface area (Å²) in [7, 11) is 0. The highest BCUT2D eigenvalue weighted by Gasteiger charge is 2.09. The summed E-state index contributed by atoms with van der Waals surface area (Å²) in [6.45, 7) is 2.04. The van der Waals surface area contributed by atoms with Crippen LogP contribution in [0, 0.1) is 0 Å². The van der Waals surface area contributed by atoms with Crippen molar-refractivity contribution >= 4 is 34.9 Å². The van der Waals surface area contributed by atoms with Gasteiger partial charge in [0.2, 0.25) is 0 Å². The fraction of sp³-hybridized carbons (Fsp3) is 0.375. The van der Waals surface area contributed by atoms with Crippen LogP contribution < -0.4 is 5.32 Å². The zero-order chi connectivity index (χ0) is 11.3. The Labute approximate surface area is 96.7 Å². The molecule has 0 aromatic carbocycles. The highest BCUT2D eigenvalue weighted by atomic mass is 35.5. The quantitative estimate of drug-likeness (QED) is 0.825. The highest BCUT2D eigenvalue weighted by Crippen LogP contribution is 2.26. The van der Waals surface area contributed by atoms with E-state index in [-0.39, 0.29) is 17.7 Å². The van der Waals surface area contributed by atoms with Gasteiger partial charge in [-0.1, -0.05) is 23.2 Å². The van der Waals surface area contributed by atoms with Crippen molar-refractivity contribution in [3.63, 3.8) is 0 Å². The first kappa shape index (κ1) is 12.0. The maximum Gasteiger partial charge on any atom is 0.325 e. The molecular weight excluding hydrogens is 241 g/mol. The van der Waals surface area contributed by atoms with Crippen LogP contribution in [0.2, 0.25) is 10.2 Å². The van der Waals surface area contributed by atoms with E-state index in [1.54, 1.807) is 6.92 Å². The lowest BCUT2D eigenvalue weighted by molar-refractivity contribution is -0.140. The van der Waals surface area contributed by atoms with Crippen LogP contribution in [-0.4, -0.2) is 29.3 Å². The Morgan fingerprint density at radius 1 is 1.60 bits per heavy atom. The number of anilines is 1. The molecule has 0 atom stereocenters. The number of ether oxygens (including phenoxy) is 1. The van der Waals surface area contributed by atoms with Gasteiger partial charge < -0.3 is 10.1 Å². The number of nitrogens with zero attached hydrogens (tertiary/aromatic N) is 2. The Balaban J connectivity index is 2.61. The molecule has 7 heteroatoms. The van der Waals surface area contributed by atoms with Crippen molar-refractivity contribution in [3.8, 4) is 0 Å². The van der Waals surface area contributed by atoms with E-state index < -0.39 is 0 Å². The van der Waals surface area contributed by atoms with E-state index in [4.69, 9.17) is 27.9 Å². The average molecular weight is 250 g/mol. The van der Waals surface area contributed by atoms with Gasteiger partial charge in [0.05, 0.1) is 23.5 Å². The number of hydrogen-bond acceptors (Lipinski definition) is 5. The minimum Gasteiger partial charge on any atom is -0.465 e. The number of carbonyl (C=O) groups excluding carboxylic acids is 1. The lowest BCUT2D eigenvalue weighted by Gasteiger charge is -2.07. The largest absolute Gasteiger partial charge is 0.465 e. The van der Waals surface area contributed by atoms with Gasteiger partial charge in [-0.15, -0.1) is 5.10 Å². The van der Waals surface area contributed by atoms with E-state index in [1.165, 1.54) is 6.20 Å². The van der Waals surface area contributed by atoms with E-state index in [0.29, 0.717) is 17.3 Å². The average Bonchev–Trinajstić information content (AvgIpc) is 2.17. The van der Waals surface area contributed by atoms with E-state index in [9.17, 15) is 4.79 Å². The molecule has 0 aliphatic heterocycles. The Hall–Kier alpha value is -1.07. The van der Waals surface area contributed by atoms with Crippen molar-refractivity contribution in [1.29, 1.82) is 0 Å². The van der Waals surface area contributed by atoms with Crippen LogP contribution in [0.15, 0.2) is 6.20 Å².